The molecule has 1 N–H and O–H groups in total. The molecule has 0 saturated carbocycles. The largest absolute Gasteiger partial charge is 0.438 e. The van der Waals surface area contributed by atoms with Crippen molar-refractivity contribution in [3.05, 3.63) is 50.7 Å². The highest BCUT2D eigenvalue weighted by atomic mass is 127. The van der Waals surface area contributed by atoms with E-state index in [9.17, 15) is 0 Å². The Morgan fingerprint density at radius 1 is 1.37 bits per heavy atom. The lowest BCUT2D eigenvalue weighted by Gasteiger charge is -2.08. The lowest BCUT2D eigenvalue weighted by Crippen LogP contribution is -2.11. The summed E-state index contributed by atoms with van der Waals surface area (Å²) in [6, 6.07) is 9.63. The van der Waals surface area contributed by atoms with Crippen LogP contribution in [0, 0.1) is 3.57 Å². The Hall–Kier alpha value is -0.850. The molecule has 0 aliphatic heterocycles. The lowest BCUT2D eigenvalue weighted by atomic mass is 10.3. The molecule has 0 saturated heterocycles. The maximum absolute atomic E-state index is 6.18. The van der Waals surface area contributed by atoms with Crippen molar-refractivity contribution in [1.29, 1.82) is 0 Å². The SMILES string of the molecule is CCNCc1cnc(Oc2cccc(I)c2)c(Cl)c1. The third-order valence-corrected chi connectivity index (χ3v) is 3.40. The monoisotopic (exact) mass is 388 g/mol. The van der Waals surface area contributed by atoms with Crippen molar-refractivity contribution < 1.29 is 4.74 Å². The van der Waals surface area contributed by atoms with Crippen LogP contribution in [0.15, 0.2) is 36.5 Å². The Morgan fingerprint density at radius 2 is 2.21 bits per heavy atom. The van der Waals surface area contributed by atoms with Crippen LogP contribution in [0.2, 0.25) is 5.02 Å². The molecule has 0 amide bonds. The zero-order valence-corrected chi connectivity index (χ0v) is 13.4. The normalized spacial score (nSPS) is 10.5. The minimum absolute atomic E-state index is 0.434. The Kier molecular flexibility index (Phi) is 5.42. The standard InChI is InChI=1S/C14H14ClIN2O/c1-2-17-8-10-6-13(15)14(18-9-10)19-12-5-3-4-11(16)7-12/h3-7,9,17H,2,8H2,1H3. The number of hydrogen-bond acceptors (Lipinski definition) is 3. The quantitative estimate of drug-likeness (QED) is 0.778. The minimum atomic E-state index is 0.434. The maximum atomic E-state index is 6.18. The fourth-order valence-electron chi connectivity index (χ4n) is 1.55. The van der Waals surface area contributed by atoms with Crippen molar-refractivity contribution in [3.63, 3.8) is 0 Å². The summed E-state index contributed by atoms with van der Waals surface area (Å²) >= 11 is 8.42. The van der Waals surface area contributed by atoms with Gasteiger partial charge in [0.05, 0.1) is 0 Å². The predicted molar refractivity (Wildman–Crippen MR) is 85.9 cm³/mol. The van der Waals surface area contributed by atoms with Crippen molar-refractivity contribution in [2.45, 2.75) is 13.5 Å². The van der Waals surface area contributed by atoms with Crippen LogP contribution in [0.25, 0.3) is 0 Å². The van der Waals surface area contributed by atoms with Crippen LogP contribution < -0.4 is 10.1 Å². The second-order valence-corrected chi connectivity index (χ2v) is 5.62. The first kappa shape index (κ1) is 14.6. The molecule has 0 radical (unpaired) electrons. The highest BCUT2D eigenvalue weighted by Crippen LogP contribution is 2.28. The highest BCUT2D eigenvalue weighted by molar-refractivity contribution is 14.1. The fourth-order valence-corrected chi connectivity index (χ4v) is 2.29. The molecule has 1 heterocycles. The van der Waals surface area contributed by atoms with E-state index in [1.807, 2.05) is 30.3 Å². The minimum Gasteiger partial charge on any atom is -0.438 e. The Labute approximate surface area is 131 Å². The smallest absolute Gasteiger partial charge is 0.238 e. The first-order valence-corrected chi connectivity index (χ1v) is 7.43. The average molecular weight is 389 g/mol. The van der Waals surface area contributed by atoms with Gasteiger partial charge >= 0.3 is 0 Å². The van der Waals surface area contributed by atoms with Gasteiger partial charge in [-0.05, 0) is 59.0 Å². The lowest BCUT2D eigenvalue weighted by molar-refractivity contribution is 0.462. The number of rotatable bonds is 5. The van der Waals surface area contributed by atoms with Crippen LogP contribution >= 0.6 is 34.2 Å². The number of halogens is 2. The van der Waals surface area contributed by atoms with E-state index in [1.165, 1.54) is 0 Å². The second kappa shape index (κ2) is 7.07. The molecular weight excluding hydrogens is 375 g/mol. The number of ether oxygens (including phenoxy) is 1. The Balaban J connectivity index is 2.13. The van der Waals surface area contributed by atoms with Gasteiger partial charge in [0.2, 0.25) is 5.88 Å². The molecule has 19 heavy (non-hydrogen) atoms. The molecule has 2 rings (SSSR count). The molecule has 0 atom stereocenters. The van der Waals surface area contributed by atoms with E-state index in [0.717, 1.165) is 28.0 Å². The fraction of sp³-hybridized carbons (Fsp3) is 0.214. The number of benzene rings is 1. The van der Waals surface area contributed by atoms with E-state index >= 15 is 0 Å². The van der Waals surface area contributed by atoms with E-state index < -0.39 is 0 Å². The van der Waals surface area contributed by atoms with Gasteiger partial charge in [-0.2, -0.15) is 0 Å². The van der Waals surface area contributed by atoms with Gasteiger partial charge in [-0.25, -0.2) is 4.98 Å². The molecule has 0 bridgehead atoms. The topological polar surface area (TPSA) is 34.2 Å². The van der Waals surface area contributed by atoms with Crippen molar-refractivity contribution >= 4 is 34.2 Å². The molecule has 1 aromatic carbocycles. The van der Waals surface area contributed by atoms with Crippen LogP contribution in [-0.2, 0) is 6.54 Å². The van der Waals surface area contributed by atoms with Crippen molar-refractivity contribution in [1.82, 2.24) is 10.3 Å². The van der Waals surface area contributed by atoms with Gasteiger partial charge in [0.25, 0.3) is 0 Å². The molecule has 3 nitrogen and oxygen atoms in total. The van der Waals surface area contributed by atoms with Crippen LogP contribution in [0.3, 0.4) is 0 Å². The summed E-state index contributed by atoms with van der Waals surface area (Å²) in [5, 5.41) is 3.75. The van der Waals surface area contributed by atoms with Gasteiger partial charge in [0.15, 0.2) is 0 Å². The Bertz CT molecular complexity index is 563. The second-order valence-electron chi connectivity index (χ2n) is 3.97. The Morgan fingerprint density at radius 3 is 2.89 bits per heavy atom. The average Bonchev–Trinajstić information content (AvgIpc) is 2.39. The molecule has 2 aromatic rings. The zero-order valence-electron chi connectivity index (χ0n) is 10.5. The summed E-state index contributed by atoms with van der Waals surface area (Å²) in [4.78, 5) is 4.26. The molecule has 0 aliphatic carbocycles. The highest BCUT2D eigenvalue weighted by Gasteiger charge is 2.06. The zero-order chi connectivity index (χ0) is 13.7. The molecular formula is C14H14ClIN2O. The van der Waals surface area contributed by atoms with Gasteiger partial charge in [-0.3, -0.25) is 0 Å². The van der Waals surface area contributed by atoms with E-state index in [2.05, 4.69) is 39.8 Å². The third-order valence-electron chi connectivity index (χ3n) is 2.45. The van der Waals surface area contributed by atoms with Gasteiger partial charge in [0.1, 0.15) is 10.8 Å². The third kappa shape index (κ3) is 4.33. The summed E-state index contributed by atoms with van der Waals surface area (Å²) in [5.41, 5.74) is 1.04. The van der Waals surface area contributed by atoms with E-state index in [4.69, 9.17) is 16.3 Å². The summed E-state index contributed by atoms with van der Waals surface area (Å²) in [6.07, 6.45) is 1.78. The van der Waals surface area contributed by atoms with Gasteiger partial charge in [-0.1, -0.05) is 24.6 Å². The summed E-state index contributed by atoms with van der Waals surface area (Å²) < 4.78 is 6.79. The number of aromatic nitrogens is 1. The van der Waals surface area contributed by atoms with Crippen LogP contribution in [0.5, 0.6) is 11.6 Å². The molecule has 5 heteroatoms. The summed E-state index contributed by atoms with van der Waals surface area (Å²) in [7, 11) is 0. The van der Waals surface area contributed by atoms with Crippen molar-refractivity contribution in [3.8, 4) is 11.6 Å². The van der Waals surface area contributed by atoms with Gasteiger partial charge in [0, 0.05) is 16.3 Å². The summed E-state index contributed by atoms with van der Waals surface area (Å²) in [5.74, 6) is 1.17. The van der Waals surface area contributed by atoms with Crippen molar-refractivity contribution in [2.24, 2.45) is 0 Å². The van der Waals surface area contributed by atoms with Gasteiger partial charge < -0.3 is 10.1 Å². The molecule has 0 aliphatic rings. The van der Waals surface area contributed by atoms with E-state index in [1.54, 1.807) is 6.20 Å². The van der Waals surface area contributed by atoms with Gasteiger partial charge in [-0.15, -0.1) is 0 Å². The number of pyridine rings is 1. The maximum Gasteiger partial charge on any atom is 0.238 e. The number of nitrogens with one attached hydrogen (secondary N) is 1. The molecule has 0 spiro atoms. The number of nitrogens with zero attached hydrogens (tertiary/aromatic N) is 1. The number of hydrogen-bond donors (Lipinski definition) is 1. The van der Waals surface area contributed by atoms with Crippen LogP contribution in [-0.4, -0.2) is 11.5 Å². The molecule has 100 valence electrons. The van der Waals surface area contributed by atoms with E-state index in [0.29, 0.717) is 10.9 Å². The van der Waals surface area contributed by atoms with Crippen LogP contribution in [0.1, 0.15) is 12.5 Å². The van der Waals surface area contributed by atoms with Crippen molar-refractivity contribution in [2.75, 3.05) is 6.54 Å². The van der Waals surface area contributed by atoms with Crippen LogP contribution in [0.4, 0.5) is 0 Å². The predicted octanol–water partition coefficient (Wildman–Crippen LogP) is 4.24. The molecule has 0 unspecified atom stereocenters. The van der Waals surface area contributed by atoms with E-state index in [-0.39, 0.29) is 0 Å². The molecule has 0 fully saturated rings. The summed E-state index contributed by atoms with van der Waals surface area (Å²) in [6.45, 7) is 3.73. The first-order valence-electron chi connectivity index (χ1n) is 5.97. The molecule has 1 aromatic heterocycles. The first-order chi connectivity index (χ1) is 9.19.